The lowest BCUT2D eigenvalue weighted by Gasteiger charge is -2.17. The van der Waals surface area contributed by atoms with Gasteiger partial charge in [0.1, 0.15) is 0 Å². The third-order valence-electron chi connectivity index (χ3n) is 9.27. The van der Waals surface area contributed by atoms with Crippen LogP contribution < -0.4 is 0 Å². The number of rotatable bonds is 5. The predicted octanol–water partition coefficient (Wildman–Crippen LogP) is 12.3. The van der Waals surface area contributed by atoms with E-state index in [4.69, 9.17) is 9.97 Å². The molecule has 0 amide bonds. The molecule has 8 aromatic carbocycles. The molecule has 0 radical (unpaired) electrons. The Balaban J connectivity index is 1.38. The van der Waals surface area contributed by atoms with Crippen molar-refractivity contribution in [2.24, 2.45) is 0 Å². The third kappa shape index (κ3) is 4.92. The van der Waals surface area contributed by atoms with Gasteiger partial charge < -0.3 is 0 Å². The molecule has 1 aromatic heterocycles. The SMILES string of the molecule is c1ccc(-c2ccc(-c3ccccc3)c(-c3cc(-c4c5ccccc5cc5c4ccc4ccccc45)nc(-c4ccccc4)n3)c2)cc1. The molecule has 2 heteroatoms. The average molecular weight is 611 g/mol. The van der Waals surface area contributed by atoms with Crippen LogP contribution in [0, 0.1) is 0 Å². The maximum Gasteiger partial charge on any atom is 0.160 e. The number of nitrogens with zero attached hydrogens (tertiary/aromatic N) is 2. The van der Waals surface area contributed by atoms with Crippen molar-refractivity contribution in [1.29, 1.82) is 0 Å². The first kappa shape index (κ1) is 27.9. The van der Waals surface area contributed by atoms with Crippen LogP contribution in [0.25, 0.3) is 88.5 Å². The first-order valence-electron chi connectivity index (χ1n) is 16.3. The van der Waals surface area contributed by atoms with E-state index >= 15 is 0 Å². The minimum absolute atomic E-state index is 0.703. The van der Waals surface area contributed by atoms with Gasteiger partial charge in [-0.1, -0.05) is 164 Å². The highest BCUT2D eigenvalue weighted by molar-refractivity contribution is 6.19. The molecule has 0 aliphatic heterocycles. The molecular formula is C46H30N2. The minimum Gasteiger partial charge on any atom is -0.228 e. The van der Waals surface area contributed by atoms with Crippen molar-refractivity contribution < 1.29 is 0 Å². The van der Waals surface area contributed by atoms with Gasteiger partial charge in [-0.2, -0.15) is 0 Å². The minimum atomic E-state index is 0.703. The Morgan fingerprint density at radius 2 is 0.896 bits per heavy atom. The smallest absolute Gasteiger partial charge is 0.160 e. The zero-order chi connectivity index (χ0) is 31.9. The first-order chi connectivity index (χ1) is 23.8. The van der Waals surface area contributed by atoms with Crippen molar-refractivity contribution in [3.63, 3.8) is 0 Å². The van der Waals surface area contributed by atoms with Crippen LogP contribution in [0.15, 0.2) is 182 Å². The zero-order valence-electron chi connectivity index (χ0n) is 26.2. The summed E-state index contributed by atoms with van der Waals surface area (Å²) in [7, 11) is 0. The van der Waals surface area contributed by atoms with Crippen LogP contribution in [-0.2, 0) is 0 Å². The summed E-state index contributed by atoms with van der Waals surface area (Å²) in [4.78, 5) is 10.7. The van der Waals surface area contributed by atoms with Crippen LogP contribution in [0.1, 0.15) is 0 Å². The molecule has 0 N–H and O–H groups in total. The number of hydrogen-bond donors (Lipinski definition) is 0. The Morgan fingerprint density at radius 3 is 1.65 bits per heavy atom. The molecule has 0 bridgehead atoms. The van der Waals surface area contributed by atoms with Gasteiger partial charge in [0.15, 0.2) is 5.82 Å². The Hall–Kier alpha value is -6.38. The van der Waals surface area contributed by atoms with Gasteiger partial charge in [0, 0.05) is 16.7 Å². The van der Waals surface area contributed by atoms with Crippen LogP contribution in [-0.4, -0.2) is 9.97 Å². The molecule has 0 unspecified atom stereocenters. The highest BCUT2D eigenvalue weighted by Crippen LogP contribution is 2.42. The lowest BCUT2D eigenvalue weighted by atomic mass is 9.90. The fourth-order valence-corrected chi connectivity index (χ4v) is 6.96. The zero-order valence-corrected chi connectivity index (χ0v) is 26.2. The Bertz CT molecular complexity index is 2590. The molecule has 0 aliphatic carbocycles. The monoisotopic (exact) mass is 610 g/mol. The molecule has 0 fully saturated rings. The van der Waals surface area contributed by atoms with E-state index < -0.39 is 0 Å². The van der Waals surface area contributed by atoms with Crippen LogP contribution in [0.3, 0.4) is 0 Å². The first-order valence-corrected chi connectivity index (χ1v) is 16.3. The number of hydrogen-bond acceptors (Lipinski definition) is 2. The van der Waals surface area contributed by atoms with Crippen molar-refractivity contribution in [2.45, 2.75) is 0 Å². The maximum atomic E-state index is 5.35. The molecule has 2 nitrogen and oxygen atoms in total. The van der Waals surface area contributed by atoms with E-state index in [1.807, 2.05) is 6.07 Å². The van der Waals surface area contributed by atoms with E-state index in [0.29, 0.717) is 5.82 Å². The topological polar surface area (TPSA) is 25.8 Å². The number of benzene rings is 8. The van der Waals surface area contributed by atoms with Crippen molar-refractivity contribution in [1.82, 2.24) is 9.97 Å². The third-order valence-corrected chi connectivity index (χ3v) is 9.27. The lowest BCUT2D eigenvalue weighted by molar-refractivity contribution is 1.19. The van der Waals surface area contributed by atoms with Crippen molar-refractivity contribution >= 4 is 32.3 Å². The fourth-order valence-electron chi connectivity index (χ4n) is 6.96. The quantitative estimate of drug-likeness (QED) is 0.143. The van der Waals surface area contributed by atoms with E-state index in [9.17, 15) is 0 Å². The summed E-state index contributed by atoms with van der Waals surface area (Å²) in [6.07, 6.45) is 0. The van der Waals surface area contributed by atoms with Crippen LogP contribution in [0.2, 0.25) is 0 Å². The largest absolute Gasteiger partial charge is 0.228 e. The van der Waals surface area contributed by atoms with Crippen LogP contribution in [0.4, 0.5) is 0 Å². The lowest BCUT2D eigenvalue weighted by Crippen LogP contribution is -1.98. The van der Waals surface area contributed by atoms with Crippen molar-refractivity contribution in [3.8, 4) is 56.2 Å². The van der Waals surface area contributed by atoms with E-state index in [1.54, 1.807) is 0 Å². The van der Waals surface area contributed by atoms with Gasteiger partial charge >= 0.3 is 0 Å². The Kier molecular flexibility index (Phi) is 6.84. The van der Waals surface area contributed by atoms with Gasteiger partial charge in [0.05, 0.1) is 11.4 Å². The van der Waals surface area contributed by atoms with E-state index in [2.05, 4.69) is 176 Å². The molecule has 9 rings (SSSR count). The van der Waals surface area contributed by atoms with Crippen LogP contribution >= 0.6 is 0 Å². The normalized spacial score (nSPS) is 11.3. The molecular weight excluding hydrogens is 581 g/mol. The second-order valence-corrected chi connectivity index (χ2v) is 12.2. The second-order valence-electron chi connectivity index (χ2n) is 12.2. The molecule has 0 saturated carbocycles. The Labute approximate surface area is 279 Å². The second kappa shape index (κ2) is 11.8. The summed E-state index contributed by atoms with van der Waals surface area (Å²) >= 11 is 0. The summed E-state index contributed by atoms with van der Waals surface area (Å²) < 4.78 is 0. The predicted molar refractivity (Wildman–Crippen MR) is 202 cm³/mol. The van der Waals surface area contributed by atoms with Gasteiger partial charge in [0.2, 0.25) is 0 Å². The summed E-state index contributed by atoms with van der Waals surface area (Å²) in [6.45, 7) is 0. The summed E-state index contributed by atoms with van der Waals surface area (Å²) in [6, 6.07) is 64.5. The van der Waals surface area contributed by atoms with Gasteiger partial charge in [-0.25, -0.2) is 9.97 Å². The fraction of sp³-hybridized carbons (Fsp3) is 0. The van der Waals surface area contributed by atoms with Gasteiger partial charge in [-0.15, -0.1) is 0 Å². The summed E-state index contributed by atoms with van der Waals surface area (Å²) in [5.41, 5.74) is 9.56. The summed E-state index contributed by atoms with van der Waals surface area (Å²) in [5, 5.41) is 7.22. The summed E-state index contributed by atoms with van der Waals surface area (Å²) in [5.74, 6) is 0.703. The maximum absolute atomic E-state index is 5.35. The Morgan fingerprint density at radius 1 is 0.292 bits per heavy atom. The highest BCUT2D eigenvalue weighted by Gasteiger charge is 2.19. The van der Waals surface area contributed by atoms with E-state index in [0.717, 1.165) is 44.8 Å². The number of fused-ring (bicyclic) bond motifs is 4. The van der Waals surface area contributed by atoms with Crippen LogP contribution in [0.5, 0.6) is 0 Å². The van der Waals surface area contributed by atoms with Gasteiger partial charge in [-0.3, -0.25) is 0 Å². The molecule has 0 spiro atoms. The molecule has 0 atom stereocenters. The van der Waals surface area contributed by atoms with Gasteiger partial charge in [-0.05, 0) is 72.8 Å². The highest BCUT2D eigenvalue weighted by atomic mass is 14.9. The molecule has 0 aliphatic rings. The molecule has 1 heterocycles. The van der Waals surface area contributed by atoms with Crippen molar-refractivity contribution in [2.75, 3.05) is 0 Å². The standard InChI is InChI=1S/C46H30N2/c1-4-14-31(15-5-1)35-25-26-38(32-16-6-2-7-17-32)42(28-35)43-30-44(48-46(47-43)34-19-8-3-9-20-34)45-39-23-13-11-21-36(39)29-41-37-22-12-10-18-33(37)24-27-40(41)45/h1-30H. The van der Waals surface area contributed by atoms with E-state index in [1.165, 1.54) is 37.9 Å². The molecule has 0 saturated heterocycles. The molecule has 224 valence electrons. The molecule has 48 heavy (non-hydrogen) atoms. The van der Waals surface area contributed by atoms with Gasteiger partial charge in [0.25, 0.3) is 0 Å². The number of aromatic nitrogens is 2. The molecule has 9 aromatic rings. The average Bonchev–Trinajstić information content (AvgIpc) is 3.17. The van der Waals surface area contributed by atoms with Crippen molar-refractivity contribution in [3.05, 3.63) is 182 Å². The van der Waals surface area contributed by atoms with E-state index in [-0.39, 0.29) is 0 Å².